The van der Waals surface area contributed by atoms with Crippen LogP contribution in [-0.4, -0.2) is 46.2 Å². The lowest BCUT2D eigenvalue weighted by Gasteiger charge is -2.34. The molecule has 0 aliphatic carbocycles. The Bertz CT molecular complexity index is 525. The Labute approximate surface area is 132 Å². The molecule has 122 valence electrons. The normalized spacial score (nSPS) is 19.1. The van der Waals surface area contributed by atoms with Crippen molar-refractivity contribution in [1.29, 1.82) is 0 Å². The summed E-state index contributed by atoms with van der Waals surface area (Å²) in [5.74, 6) is 0.605. The first-order chi connectivity index (χ1) is 10.3. The first kappa shape index (κ1) is 16.7. The number of aliphatic hydroxyl groups excluding tert-OH is 1. The minimum atomic E-state index is -0.588. The molecule has 1 aromatic heterocycles. The van der Waals surface area contributed by atoms with Gasteiger partial charge in [0.15, 0.2) is 0 Å². The Hall–Kier alpha value is -1.69. The van der Waals surface area contributed by atoms with E-state index in [1.54, 1.807) is 0 Å². The molecule has 1 aliphatic rings. The number of aromatic nitrogens is 2. The van der Waals surface area contributed by atoms with Crippen LogP contribution in [0.4, 0.5) is 5.95 Å². The van der Waals surface area contributed by atoms with Gasteiger partial charge in [0.05, 0.1) is 18.1 Å². The van der Waals surface area contributed by atoms with Crippen molar-refractivity contribution in [2.45, 2.75) is 46.1 Å². The second-order valence-electron chi connectivity index (χ2n) is 6.77. The number of hydrogen-bond donors (Lipinski definition) is 2. The number of nitrogens with zero attached hydrogens (tertiary/aromatic N) is 3. The molecule has 2 rings (SSSR count). The van der Waals surface area contributed by atoms with Crippen LogP contribution in [0.25, 0.3) is 0 Å². The summed E-state index contributed by atoms with van der Waals surface area (Å²) in [4.78, 5) is 23.4. The van der Waals surface area contributed by atoms with Gasteiger partial charge in [0.1, 0.15) is 0 Å². The van der Waals surface area contributed by atoms with Crippen LogP contribution >= 0.6 is 0 Å². The van der Waals surface area contributed by atoms with E-state index in [1.165, 1.54) is 0 Å². The monoisotopic (exact) mass is 306 g/mol. The SMILES string of the molecule is Cc1cc(C)nc(N2CCCC(C(=O)NC(C)(C)CO)C2)n1. The highest BCUT2D eigenvalue weighted by Gasteiger charge is 2.30. The van der Waals surface area contributed by atoms with E-state index in [0.717, 1.165) is 30.8 Å². The lowest BCUT2D eigenvalue weighted by atomic mass is 9.95. The molecule has 1 fully saturated rings. The molecule has 2 N–H and O–H groups in total. The standard InChI is InChI=1S/C16H26N4O2/c1-11-8-12(2)18-15(17-11)20-7-5-6-13(9-20)14(22)19-16(3,4)10-21/h8,13,21H,5-7,9-10H2,1-4H3,(H,19,22). The summed E-state index contributed by atoms with van der Waals surface area (Å²) in [7, 11) is 0. The van der Waals surface area contributed by atoms with E-state index in [0.29, 0.717) is 12.5 Å². The van der Waals surface area contributed by atoms with E-state index in [1.807, 2.05) is 33.8 Å². The first-order valence-corrected chi connectivity index (χ1v) is 7.81. The van der Waals surface area contributed by atoms with Gasteiger partial charge in [0.25, 0.3) is 0 Å². The lowest BCUT2D eigenvalue weighted by Crippen LogP contribution is -2.51. The Morgan fingerprint density at radius 2 is 2.05 bits per heavy atom. The molecule has 22 heavy (non-hydrogen) atoms. The van der Waals surface area contributed by atoms with Gasteiger partial charge in [-0.25, -0.2) is 9.97 Å². The fourth-order valence-corrected chi connectivity index (χ4v) is 2.70. The molecule has 1 amide bonds. The Balaban J connectivity index is 2.07. The first-order valence-electron chi connectivity index (χ1n) is 7.81. The van der Waals surface area contributed by atoms with Crippen LogP contribution in [0.15, 0.2) is 6.07 Å². The molecule has 1 aliphatic heterocycles. The molecule has 1 atom stereocenters. The fraction of sp³-hybridized carbons (Fsp3) is 0.688. The minimum absolute atomic E-state index is 0.00637. The number of nitrogens with one attached hydrogen (secondary N) is 1. The van der Waals surface area contributed by atoms with Crippen molar-refractivity contribution in [1.82, 2.24) is 15.3 Å². The summed E-state index contributed by atoms with van der Waals surface area (Å²) in [6.45, 7) is 8.96. The van der Waals surface area contributed by atoms with E-state index in [9.17, 15) is 9.90 Å². The Morgan fingerprint density at radius 1 is 1.41 bits per heavy atom. The highest BCUT2D eigenvalue weighted by molar-refractivity contribution is 5.80. The van der Waals surface area contributed by atoms with E-state index < -0.39 is 5.54 Å². The molecular formula is C16H26N4O2. The molecule has 1 unspecified atom stereocenters. The predicted octanol–water partition coefficient (Wildman–Crippen LogP) is 1.20. The summed E-state index contributed by atoms with van der Waals surface area (Å²) in [6.07, 6.45) is 1.79. The summed E-state index contributed by atoms with van der Waals surface area (Å²) >= 11 is 0. The topological polar surface area (TPSA) is 78.4 Å². The van der Waals surface area contributed by atoms with Gasteiger partial charge in [-0.2, -0.15) is 0 Å². The van der Waals surface area contributed by atoms with Crippen LogP contribution in [0.5, 0.6) is 0 Å². The van der Waals surface area contributed by atoms with Gasteiger partial charge in [-0.15, -0.1) is 0 Å². The van der Waals surface area contributed by atoms with Gasteiger partial charge < -0.3 is 15.3 Å². The number of piperidine rings is 1. The second kappa shape index (κ2) is 6.60. The van der Waals surface area contributed by atoms with Crippen molar-refractivity contribution in [2.75, 3.05) is 24.6 Å². The van der Waals surface area contributed by atoms with Crippen molar-refractivity contribution in [3.8, 4) is 0 Å². The molecular weight excluding hydrogens is 280 g/mol. The van der Waals surface area contributed by atoms with Crippen molar-refractivity contribution < 1.29 is 9.90 Å². The third-order valence-electron chi connectivity index (χ3n) is 3.90. The maximum absolute atomic E-state index is 12.4. The quantitative estimate of drug-likeness (QED) is 0.874. The van der Waals surface area contributed by atoms with Gasteiger partial charge in [0, 0.05) is 24.5 Å². The number of carbonyl (C=O) groups is 1. The molecule has 2 heterocycles. The minimum Gasteiger partial charge on any atom is -0.394 e. The summed E-state index contributed by atoms with van der Waals surface area (Å²) in [5.41, 5.74) is 1.29. The van der Waals surface area contributed by atoms with Crippen molar-refractivity contribution in [2.24, 2.45) is 5.92 Å². The zero-order valence-electron chi connectivity index (χ0n) is 13.9. The van der Waals surface area contributed by atoms with Crippen molar-refractivity contribution >= 4 is 11.9 Å². The molecule has 0 saturated carbocycles. The maximum Gasteiger partial charge on any atom is 0.225 e. The lowest BCUT2D eigenvalue weighted by molar-refractivity contribution is -0.127. The number of hydrogen-bond acceptors (Lipinski definition) is 5. The maximum atomic E-state index is 12.4. The highest BCUT2D eigenvalue weighted by atomic mass is 16.3. The Kier molecular flexibility index (Phi) is 5.01. The summed E-state index contributed by atoms with van der Waals surface area (Å²) in [6, 6.07) is 1.95. The predicted molar refractivity (Wildman–Crippen MR) is 85.8 cm³/mol. The van der Waals surface area contributed by atoms with Gasteiger partial charge in [-0.3, -0.25) is 4.79 Å². The number of aliphatic hydroxyl groups is 1. The number of carbonyl (C=O) groups excluding carboxylic acids is 1. The van der Waals surface area contributed by atoms with Crippen LogP contribution < -0.4 is 10.2 Å². The molecule has 0 aromatic carbocycles. The Morgan fingerprint density at radius 3 is 2.64 bits per heavy atom. The second-order valence-corrected chi connectivity index (χ2v) is 6.77. The number of amides is 1. The van der Waals surface area contributed by atoms with E-state index in [4.69, 9.17) is 0 Å². The molecule has 0 bridgehead atoms. The van der Waals surface area contributed by atoms with Crippen LogP contribution in [0, 0.1) is 19.8 Å². The van der Waals surface area contributed by atoms with Crippen molar-refractivity contribution in [3.63, 3.8) is 0 Å². The number of anilines is 1. The smallest absolute Gasteiger partial charge is 0.225 e. The molecule has 1 aromatic rings. The van der Waals surface area contributed by atoms with Gasteiger partial charge in [-0.05, 0) is 46.6 Å². The third-order valence-corrected chi connectivity index (χ3v) is 3.90. The third kappa shape index (κ3) is 4.16. The zero-order valence-corrected chi connectivity index (χ0v) is 13.9. The van der Waals surface area contributed by atoms with E-state index in [-0.39, 0.29) is 18.4 Å². The summed E-state index contributed by atoms with van der Waals surface area (Å²) < 4.78 is 0. The fourth-order valence-electron chi connectivity index (χ4n) is 2.70. The average molecular weight is 306 g/mol. The van der Waals surface area contributed by atoms with E-state index in [2.05, 4.69) is 20.2 Å². The summed E-state index contributed by atoms with van der Waals surface area (Å²) in [5, 5.41) is 12.2. The number of rotatable bonds is 4. The molecule has 6 nitrogen and oxygen atoms in total. The zero-order chi connectivity index (χ0) is 16.3. The van der Waals surface area contributed by atoms with Crippen LogP contribution in [0.3, 0.4) is 0 Å². The van der Waals surface area contributed by atoms with Gasteiger partial charge in [-0.1, -0.05) is 0 Å². The molecule has 1 saturated heterocycles. The van der Waals surface area contributed by atoms with Crippen molar-refractivity contribution in [3.05, 3.63) is 17.5 Å². The largest absolute Gasteiger partial charge is 0.394 e. The van der Waals surface area contributed by atoms with Gasteiger partial charge in [0.2, 0.25) is 11.9 Å². The average Bonchev–Trinajstić information content (AvgIpc) is 2.46. The van der Waals surface area contributed by atoms with E-state index >= 15 is 0 Å². The molecule has 0 spiro atoms. The molecule has 0 radical (unpaired) electrons. The van der Waals surface area contributed by atoms with Gasteiger partial charge >= 0.3 is 0 Å². The van der Waals surface area contributed by atoms with Crippen LogP contribution in [0.1, 0.15) is 38.1 Å². The van der Waals surface area contributed by atoms with Crippen LogP contribution in [0.2, 0.25) is 0 Å². The highest BCUT2D eigenvalue weighted by Crippen LogP contribution is 2.21. The van der Waals surface area contributed by atoms with Crippen LogP contribution in [-0.2, 0) is 4.79 Å². The number of aryl methyl sites for hydroxylation is 2. The molecule has 6 heteroatoms.